The highest BCUT2D eigenvalue weighted by atomic mass is 19.4. The molecule has 0 saturated heterocycles. The molecule has 1 aromatic rings. The Morgan fingerprint density at radius 1 is 1.53 bits per heavy atom. The van der Waals surface area contributed by atoms with Crippen molar-refractivity contribution in [2.75, 3.05) is 13.1 Å². The topological polar surface area (TPSA) is 71.2 Å². The third-order valence-corrected chi connectivity index (χ3v) is 2.26. The van der Waals surface area contributed by atoms with Crippen molar-refractivity contribution in [3.05, 3.63) is 12.2 Å². The summed E-state index contributed by atoms with van der Waals surface area (Å²) in [6.45, 7) is 1.39. The number of carboxylic acid groups (broad SMARTS) is 1. The summed E-state index contributed by atoms with van der Waals surface area (Å²) in [5, 5.41) is 12.5. The molecule has 0 bridgehead atoms. The van der Waals surface area contributed by atoms with E-state index in [-0.39, 0.29) is 12.6 Å². The summed E-state index contributed by atoms with van der Waals surface area (Å²) < 4.78 is 38.6. The first kappa shape index (κ1) is 15.4. The minimum atomic E-state index is -4.46. The highest BCUT2D eigenvalue weighted by Crippen LogP contribution is 2.18. The highest BCUT2D eigenvalue weighted by molar-refractivity contribution is 5.69. The molecule has 1 rings (SSSR count). The fraction of sp³-hybridized carbons (Fsp3) is 0.700. The number of rotatable bonds is 6. The van der Waals surface area contributed by atoms with Crippen LogP contribution in [-0.4, -0.2) is 50.0 Å². The highest BCUT2D eigenvalue weighted by Gasteiger charge is 2.32. The van der Waals surface area contributed by atoms with Gasteiger partial charge in [0.25, 0.3) is 0 Å². The molecule has 19 heavy (non-hydrogen) atoms. The van der Waals surface area contributed by atoms with Crippen LogP contribution < -0.4 is 0 Å². The van der Waals surface area contributed by atoms with Crippen molar-refractivity contribution in [1.29, 1.82) is 0 Å². The molecule has 0 atom stereocenters. The molecule has 0 amide bonds. The molecule has 1 N–H and O–H groups in total. The van der Waals surface area contributed by atoms with Gasteiger partial charge in [0.05, 0.1) is 19.6 Å². The molecule has 0 aliphatic rings. The summed E-state index contributed by atoms with van der Waals surface area (Å²) in [4.78, 5) is 15.2. The molecule has 0 aliphatic carbocycles. The maximum atomic E-state index is 12.4. The van der Waals surface area contributed by atoms with Gasteiger partial charge in [0, 0.05) is 6.04 Å². The lowest BCUT2D eigenvalue weighted by atomic mass is 10.3. The molecule has 1 heterocycles. The van der Waals surface area contributed by atoms with E-state index in [2.05, 4.69) is 10.1 Å². The van der Waals surface area contributed by atoms with E-state index in [1.807, 2.05) is 13.8 Å². The first-order valence-electron chi connectivity index (χ1n) is 5.58. The number of halogens is 3. The number of carbonyl (C=O) groups is 1. The van der Waals surface area contributed by atoms with E-state index in [9.17, 15) is 18.0 Å². The Labute approximate surface area is 107 Å². The number of hydrogen-bond acceptors (Lipinski definition) is 4. The summed E-state index contributed by atoms with van der Waals surface area (Å²) in [5.41, 5.74) is 0. The van der Waals surface area contributed by atoms with Gasteiger partial charge >= 0.3 is 12.1 Å². The van der Waals surface area contributed by atoms with Crippen LogP contribution in [0.2, 0.25) is 0 Å². The fourth-order valence-corrected chi connectivity index (χ4v) is 1.63. The van der Waals surface area contributed by atoms with Crippen LogP contribution in [-0.2, 0) is 11.3 Å². The van der Waals surface area contributed by atoms with Crippen LogP contribution in [0.3, 0.4) is 0 Å². The third-order valence-electron chi connectivity index (χ3n) is 2.26. The molecule has 9 heteroatoms. The van der Waals surface area contributed by atoms with Crippen LogP contribution in [0.25, 0.3) is 0 Å². The maximum Gasteiger partial charge on any atom is 0.401 e. The number of aromatic nitrogens is 3. The molecular weight excluding hydrogens is 265 g/mol. The average Bonchev–Trinajstić information content (AvgIpc) is 2.61. The lowest BCUT2D eigenvalue weighted by Gasteiger charge is -2.21. The van der Waals surface area contributed by atoms with E-state index in [0.29, 0.717) is 5.82 Å². The summed E-state index contributed by atoms with van der Waals surface area (Å²) >= 11 is 0. The second kappa shape index (κ2) is 6.00. The summed E-state index contributed by atoms with van der Waals surface area (Å²) in [6.07, 6.45) is -3.22. The zero-order valence-corrected chi connectivity index (χ0v) is 10.6. The van der Waals surface area contributed by atoms with Crippen LogP contribution >= 0.6 is 0 Å². The van der Waals surface area contributed by atoms with Gasteiger partial charge in [0.15, 0.2) is 0 Å². The molecule has 0 fully saturated rings. The first-order valence-corrected chi connectivity index (χ1v) is 5.58. The van der Waals surface area contributed by atoms with Gasteiger partial charge in [0.2, 0.25) is 0 Å². The van der Waals surface area contributed by atoms with Gasteiger partial charge in [-0.2, -0.15) is 18.3 Å². The van der Waals surface area contributed by atoms with Gasteiger partial charge in [0.1, 0.15) is 12.2 Å². The molecule has 0 saturated carbocycles. The molecular formula is C10H15F3N4O2. The third kappa shape index (κ3) is 5.25. The maximum absolute atomic E-state index is 12.4. The average molecular weight is 280 g/mol. The van der Waals surface area contributed by atoms with E-state index in [0.717, 1.165) is 4.90 Å². The predicted molar refractivity (Wildman–Crippen MR) is 59.4 cm³/mol. The Bertz CT molecular complexity index is 431. The van der Waals surface area contributed by atoms with Crippen LogP contribution in [0, 0.1) is 0 Å². The minimum absolute atomic E-state index is 0.0601. The van der Waals surface area contributed by atoms with E-state index in [4.69, 9.17) is 5.11 Å². The Kier molecular flexibility index (Phi) is 4.87. The van der Waals surface area contributed by atoms with E-state index in [1.165, 1.54) is 11.0 Å². The normalized spacial score (nSPS) is 12.4. The zero-order chi connectivity index (χ0) is 14.6. The summed E-state index contributed by atoms with van der Waals surface area (Å²) in [7, 11) is 0. The van der Waals surface area contributed by atoms with Gasteiger partial charge in [-0.05, 0) is 13.8 Å². The fourth-order valence-electron chi connectivity index (χ4n) is 1.63. The van der Waals surface area contributed by atoms with Crippen LogP contribution in [0.4, 0.5) is 13.2 Å². The Balaban J connectivity index is 2.81. The second-order valence-electron chi connectivity index (χ2n) is 4.37. The van der Waals surface area contributed by atoms with Gasteiger partial charge in [-0.15, -0.1) is 0 Å². The predicted octanol–water partition coefficient (Wildman–Crippen LogP) is 1.31. The number of aliphatic carboxylic acids is 1. The molecule has 0 radical (unpaired) electrons. The Hall–Kier alpha value is -1.64. The SMILES string of the molecule is CC(C)n1ncnc1CN(CC(=O)O)CC(F)(F)F. The first-order chi connectivity index (χ1) is 8.69. The number of nitrogens with zero attached hydrogens (tertiary/aromatic N) is 4. The summed E-state index contributed by atoms with van der Waals surface area (Å²) in [6, 6.07) is -0.0601. The monoisotopic (exact) mass is 280 g/mol. The lowest BCUT2D eigenvalue weighted by molar-refractivity contribution is -0.155. The Morgan fingerprint density at radius 3 is 2.63 bits per heavy atom. The molecule has 0 unspecified atom stereocenters. The van der Waals surface area contributed by atoms with Crippen LogP contribution in [0.1, 0.15) is 25.7 Å². The standard InChI is InChI=1S/C10H15F3N4O2/c1-7(2)17-8(14-6-15-17)3-16(4-9(18)19)5-10(11,12)13/h6-7H,3-5H2,1-2H3,(H,18,19). The van der Waals surface area contributed by atoms with Crippen molar-refractivity contribution in [2.24, 2.45) is 0 Å². The molecule has 108 valence electrons. The second-order valence-corrected chi connectivity index (χ2v) is 4.37. The number of carboxylic acids is 1. The molecule has 0 aromatic carbocycles. The van der Waals surface area contributed by atoms with E-state index in [1.54, 1.807) is 0 Å². The van der Waals surface area contributed by atoms with Crippen molar-refractivity contribution < 1.29 is 23.1 Å². The van der Waals surface area contributed by atoms with Crippen molar-refractivity contribution in [3.63, 3.8) is 0 Å². The molecule has 6 nitrogen and oxygen atoms in total. The number of alkyl halides is 3. The van der Waals surface area contributed by atoms with Gasteiger partial charge in [-0.1, -0.05) is 0 Å². The largest absolute Gasteiger partial charge is 0.480 e. The van der Waals surface area contributed by atoms with Crippen molar-refractivity contribution >= 4 is 5.97 Å². The van der Waals surface area contributed by atoms with Crippen LogP contribution in [0.15, 0.2) is 6.33 Å². The Morgan fingerprint density at radius 2 is 2.16 bits per heavy atom. The molecule has 1 aromatic heterocycles. The van der Waals surface area contributed by atoms with Crippen LogP contribution in [0.5, 0.6) is 0 Å². The smallest absolute Gasteiger partial charge is 0.401 e. The van der Waals surface area contributed by atoms with Crippen molar-refractivity contribution in [1.82, 2.24) is 19.7 Å². The molecule has 0 spiro atoms. The summed E-state index contributed by atoms with van der Waals surface area (Å²) in [5.74, 6) is -1.01. The van der Waals surface area contributed by atoms with Gasteiger partial charge in [-0.25, -0.2) is 9.67 Å². The minimum Gasteiger partial charge on any atom is -0.480 e. The van der Waals surface area contributed by atoms with E-state index >= 15 is 0 Å². The lowest BCUT2D eigenvalue weighted by Crippen LogP contribution is -2.38. The van der Waals surface area contributed by atoms with Gasteiger partial charge in [-0.3, -0.25) is 9.69 Å². The number of hydrogen-bond donors (Lipinski definition) is 1. The quantitative estimate of drug-likeness (QED) is 0.850. The van der Waals surface area contributed by atoms with Gasteiger partial charge < -0.3 is 5.11 Å². The van der Waals surface area contributed by atoms with E-state index < -0.39 is 25.2 Å². The van der Waals surface area contributed by atoms with Crippen molar-refractivity contribution in [2.45, 2.75) is 32.6 Å². The van der Waals surface area contributed by atoms with Crippen molar-refractivity contribution in [3.8, 4) is 0 Å². The zero-order valence-electron chi connectivity index (χ0n) is 10.6. The molecule has 0 aliphatic heterocycles.